The van der Waals surface area contributed by atoms with Gasteiger partial charge in [0.25, 0.3) is 0 Å². The first kappa shape index (κ1) is 7.72. The summed E-state index contributed by atoms with van der Waals surface area (Å²) in [6.45, 7) is 8.40. The van der Waals surface area contributed by atoms with Crippen LogP contribution < -0.4 is 5.48 Å². The lowest BCUT2D eigenvalue weighted by atomic mass is 9.76. The molecular formula is C5H12BNO. The maximum atomic E-state index is 4.96. The van der Waals surface area contributed by atoms with Crippen molar-refractivity contribution >= 4 is 6.92 Å². The van der Waals surface area contributed by atoms with Gasteiger partial charge in [0.05, 0.1) is 0 Å². The first-order chi connectivity index (χ1) is 3.77. The predicted molar refractivity (Wildman–Crippen MR) is 36.8 cm³/mol. The zero-order chi connectivity index (χ0) is 6.41. The Morgan fingerprint density at radius 3 is 2.75 bits per heavy atom. The van der Waals surface area contributed by atoms with E-state index in [0.717, 1.165) is 0 Å². The molecule has 0 fully saturated rings. The molecule has 0 aliphatic rings. The van der Waals surface area contributed by atoms with E-state index in [4.69, 9.17) is 4.76 Å². The maximum Gasteiger partial charge on any atom is 0.315 e. The monoisotopic (exact) mass is 113 g/mol. The van der Waals surface area contributed by atoms with Gasteiger partial charge in [-0.15, -0.1) is 6.58 Å². The molecule has 0 aromatic carbocycles. The van der Waals surface area contributed by atoms with Crippen molar-refractivity contribution in [1.29, 1.82) is 0 Å². The van der Waals surface area contributed by atoms with E-state index in [1.54, 1.807) is 6.08 Å². The molecule has 3 heteroatoms. The van der Waals surface area contributed by atoms with Crippen LogP contribution >= 0.6 is 0 Å². The van der Waals surface area contributed by atoms with Crippen LogP contribution in [0.25, 0.3) is 0 Å². The molecule has 8 heavy (non-hydrogen) atoms. The second kappa shape index (κ2) is 4.87. The summed E-state index contributed by atoms with van der Waals surface area (Å²) < 4.78 is 4.96. The fourth-order valence-corrected chi connectivity index (χ4v) is 0.274. The molecule has 0 rings (SSSR count). The summed E-state index contributed by atoms with van der Waals surface area (Å²) in [5, 5.41) is 0. The molecule has 1 N–H and O–H groups in total. The highest BCUT2D eigenvalue weighted by atomic mass is 16.6. The molecule has 0 spiro atoms. The van der Waals surface area contributed by atoms with E-state index in [1.165, 1.54) is 0 Å². The lowest BCUT2D eigenvalue weighted by Crippen LogP contribution is -2.22. The number of rotatable bonds is 4. The second-order valence-corrected chi connectivity index (χ2v) is 1.80. The molecule has 0 saturated heterocycles. The molecule has 0 heterocycles. The lowest BCUT2D eigenvalue weighted by Gasteiger charge is -2.02. The van der Waals surface area contributed by atoms with Crippen LogP contribution in [-0.4, -0.2) is 13.5 Å². The minimum absolute atomic E-state index is 0.245. The Morgan fingerprint density at radius 2 is 2.38 bits per heavy atom. The Balaban J connectivity index is 2.81. The molecular weight excluding hydrogens is 101 g/mol. The van der Waals surface area contributed by atoms with Gasteiger partial charge in [-0.05, 0) is 0 Å². The van der Waals surface area contributed by atoms with E-state index in [-0.39, 0.29) is 6.92 Å². The van der Waals surface area contributed by atoms with Crippen molar-refractivity contribution in [2.75, 3.05) is 6.54 Å². The van der Waals surface area contributed by atoms with Crippen LogP contribution in [0.1, 0.15) is 0 Å². The molecule has 0 unspecified atom stereocenters. The number of hydrogen-bond acceptors (Lipinski definition) is 2. The maximum absolute atomic E-state index is 4.96. The fraction of sp³-hybridized carbons (Fsp3) is 0.600. The van der Waals surface area contributed by atoms with Crippen molar-refractivity contribution in [2.45, 2.75) is 13.6 Å². The summed E-state index contributed by atoms with van der Waals surface area (Å²) in [5.74, 6) is 0. The quantitative estimate of drug-likeness (QED) is 0.253. The Morgan fingerprint density at radius 1 is 1.75 bits per heavy atom. The third kappa shape index (κ3) is 5.72. The number of hydrogen-bond donors (Lipinski definition) is 1. The van der Waals surface area contributed by atoms with Gasteiger partial charge in [0, 0.05) is 6.54 Å². The van der Waals surface area contributed by atoms with Crippen LogP contribution in [0, 0.1) is 0 Å². The highest BCUT2D eigenvalue weighted by molar-refractivity contribution is 6.48. The average molecular weight is 113 g/mol. The third-order valence-corrected chi connectivity index (χ3v) is 0.547. The minimum Gasteiger partial charge on any atom is -0.364 e. The van der Waals surface area contributed by atoms with Crippen molar-refractivity contribution in [3.63, 3.8) is 0 Å². The third-order valence-electron chi connectivity index (χ3n) is 0.547. The SMILES string of the molecule is C=CCNOB(C)C. The Hall–Kier alpha value is -0.275. The van der Waals surface area contributed by atoms with Crippen molar-refractivity contribution in [1.82, 2.24) is 5.48 Å². The molecule has 0 bridgehead atoms. The van der Waals surface area contributed by atoms with E-state index in [1.807, 2.05) is 13.6 Å². The molecule has 0 aromatic rings. The summed E-state index contributed by atoms with van der Waals surface area (Å²) in [6, 6.07) is 0. The fourth-order valence-electron chi connectivity index (χ4n) is 0.274. The van der Waals surface area contributed by atoms with Crippen LogP contribution in [0.3, 0.4) is 0 Å². The van der Waals surface area contributed by atoms with E-state index >= 15 is 0 Å². The molecule has 0 aliphatic heterocycles. The summed E-state index contributed by atoms with van der Waals surface area (Å²) >= 11 is 0. The molecule has 2 nitrogen and oxygen atoms in total. The van der Waals surface area contributed by atoms with Gasteiger partial charge in [-0.25, -0.2) is 5.48 Å². The van der Waals surface area contributed by atoms with Crippen LogP contribution in [0.5, 0.6) is 0 Å². The minimum atomic E-state index is 0.245. The van der Waals surface area contributed by atoms with Gasteiger partial charge in [0.15, 0.2) is 0 Å². The average Bonchev–Trinajstić information content (AvgIpc) is 1.66. The van der Waals surface area contributed by atoms with E-state index in [2.05, 4.69) is 12.1 Å². The predicted octanol–water partition coefficient (Wildman–Crippen LogP) is 0.945. The van der Waals surface area contributed by atoms with Gasteiger partial charge in [-0.3, -0.25) is 0 Å². The van der Waals surface area contributed by atoms with E-state index in [9.17, 15) is 0 Å². The van der Waals surface area contributed by atoms with Crippen molar-refractivity contribution in [3.05, 3.63) is 12.7 Å². The van der Waals surface area contributed by atoms with Gasteiger partial charge >= 0.3 is 6.92 Å². The standard InChI is InChI=1S/C5H12BNO/c1-4-5-7-8-6(2)3/h4,7H,1,5H2,2-3H3. The van der Waals surface area contributed by atoms with Crippen LogP contribution in [0.4, 0.5) is 0 Å². The normalized spacial score (nSPS) is 8.75. The van der Waals surface area contributed by atoms with Gasteiger partial charge in [-0.1, -0.05) is 19.7 Å². The molecule has 0 saturated carbocycles. The summed E-state index contributed by atoms with van der Waals surface area (Å²) in [4.78, 5) is 0. The molecule has 0 amide bonds. The highest BCUT2D eigenvalue weighted by Crippen LogP contribution is 1.76. The molecule has 0 aliphatic carbocycles. The van der Waals surface area contributed by atoms with Crippen LogP contribution in [0.2, 0.25) is 13.6 Å². The summed E-state index contributed by atoms with van der Waals surface area (Å²) in [6.07, 6.45) is 1.75. The van der Waals surface area contributed by atoms with Gasteiger partial charge < -0.3 is 4.76 Å². The van der Waals surface area contributed by atoms with E-state index in [0.29, 0.717) is 6.54 Å². The Labute approximate surface area is 51.0 Å². The molecule has 46 valence electrons. The van der Waals surface area contributed by atoms with Crippen molar-refractivity contribution in [3.8, 4) is 0 Å². The largest absolute Gasteiger partial charge is 0.364 e. The molecule has 0 atom stereocenters. The van der Waals surface area contributed by atoms with E-state index < -0.39 is 0 Å². The van der Waals surface area contributed by atoms with Gasteiger partial charge in [0.2, 0.25) is 0 Å². The molecule has 0 radical (unpaired) electrons. The van der Waals surface area contributed by atoms with Gasteiger partial charge in [0.1, 0.15) is 0 Å². The highest BCUT2D eigenvalue weighted by Gasteiger charge is 1.94. The number of nitrogens with one attached hydrogen (secondary N) is 1. The van der Waals surface area contributed by atoms with Crippen LogP contribution in [-0.2, 0) is 4.76 Å². The zero-order valence-corrected chi connectivity index (χ0v) is 5.48. The Bertz CT molecular complexity index is 65.4. The first-order valence-corrected chi connectivity index (χ1v) is 2.76. The van der Waals surface area contributed by atoms with Crippen molar-refractivity contribution in [2.24, 2.45) is 0 Å². The Kier molecular flexibility index (Phi) is 4.71. The zero-order valence-electron chi connectivity index (χ0n) is 5.48. The second-order valence-electron chi connectivity index (χ2n) is 1.80. The van der Waals surface area contributed by atoms with Crippen LogP contribution in [0.15, 0.2) is 12.7 Å². The smallest absolute Gasteiger partial charge is 0.315 e. The van der Waals surface area contributed by atoms with Crippen molar-refractivity contribution < 1.29 is 4.76 Å². The number of hydroxylamine groups is 1. The van der Waals surface area contributed by atoms with Gasteiger partial charge in [-0.2, -0.15) is 0 Å². The first-order valence-electron chi connectivity index (χ1n) is 2.76. The summed E-state index contributed by atoms with van der Waals surface area (Å²) in [5.41, 5.74) is 2.72. The topological polar surface area (TPSA) is 21.3 Å². The summed E-state index contributed by atoms with van der Waals surface area (Å²) in [7, 11) is 0. The molecule has 0 aromatic heterocycles. The lowest BCUT2D eigenvalue weighted by molar-refractivity contribution is 0.213.